The third-order valence-electron chi connectivity index (χ3n) is 6.01. The Morgan fingerprint density at radius 1 is 0.636 bits per heavy atom. The second kappa shape index (κ2) is 21.5. The van der Waals surface area contributed by atoms with Crippen molar-refractivity contribution in [1.82, 2.24) is 0 Å². The van der Waals surface area contributed by atoms with E-state index in [-0.39, 0.29) is 23.8 Å². The number of carbonyl (C=O) groups is 2. The van der Waals surface area contributed by atoms with E-state index >= 15 is 0 Å². The van der Waals surface area contributed by atoms with Gasteiger partial charge in [-0.2, -0.15) is 0 Å². The van der Waals surface area contributed by atoms with Crippen molar-refractivity contribution in [2.24, 2.45) is 11.3 Å². The first-order chi connectivity index (χ1) is 15.7. The molecule has 4 nitrogen and oxygen atoms in total. The van der Waals surface area contributed by atoms with Crippen LogP contribution in [0, 0.1) is 11.3 Å². The highest BCUT2D eigenvalue weighted by Crippen LogP contribution is 2.24. The van der Waals surface area contributed by atoms with E-state index in [0.717, 1.165) is 19.3 Å². The predicted octanol–water partition coefficient (Wildman–Crippen LogP) is 8.80. The van der Waals surface area contributed by atoms with Crippen LogP contribution >= 0.6 is 0 Å². The first kappa shape index (κ1) is 31.9. The van der Waals surface area contributed by atoms with Crippen molar-refractivity contribution in [1.29, 1.82) is 0 Å². The fourth-order valence-electron chi connectivity index (χ4n) is 4.34. The molecule has 0 fully saturated rings. The molecule has 0 aliphatic carbocycles. The van der Waals surface area contributed by atoms with Crippen molar-refractivity contribution in [3.8, 4) is 0 Å². The van der Waals surface area contributed by atoms with Gasteiger partial charge in [0, 0.05) is 12.8 Å². The third-order valence-corrected chi connectivity index (χ3v) is 6.01. The van der Waals surface area contributed by atoms with E-state index in [1.165, 1.54) is 77.0 Å². The summed E-state index contributed by atoms with van der Waals surface area (Å²) in [4.78, 5) is 23.6. The molecule has 0 spiro atoms. The maximum absolute atomic E-state index is 11.8. The number of esters is 2. The zero-order chi connectivity index (χ0) is 24.8. The Bertz CT molecular complexity index is 467. The van der Waals surface area contributed by atoms with E-state index in [0.29, 0.717) is 32.0 Å². The molecular weight excluding hydrogens is 412 g/mol. The molecule has 0 saturated heterocycles. The molecule has 0 aromatic carbocycles. The molecule has 0 radical (unpaired) electrons. The minimum atomic E-state index is -0.212. The Morgan fingerprint density at radius 3 is 1.52 bits per heavy atom. The van der Waals surface area contributed by atoms with Gasteiger partial charge in [-0.1, -0.05) is 118 Å². The summed E-state index contributed by atoms with van der Waals surface area (Å²) in [5.41, 5.74) is 0.239. The van der Waals surface area contributed by atoms with Crippen LogP contribution in [0.3, 0.4) is 0 Å². The van der Waals surface area contributed by atoms with Crippen LogP contribution in [0.4, 0.5) is 0 Å². The SMILES string of the molecule is CCCCCCCCCCCCCCCCOC(=O)CCCC(=O)OCC(C)CC(C)(C)C. The maximum Gasteiger partial charge on any atom is 0.305 e. The molecule has 0 saturated carbocycles. The van der Waals surface area contributed by atoms with Gasteiger partial charge in [0.2, 0.25) is 0 Å². The van der Waals surface area contributed by atoms with Crippen LogP contribution in [0.25, 0.3) is 0 Å². The van der Waals surface area contributed by atoms with Crippen LogP contribution in [0.2, 0.25) is 0 Å². The van der Waals surface area contributed by atoms with Gasteiger partial charge in [0.15, 0.2) is 0 Å². The van der Waals surface area contributed by atoms with Crippen molar-refractivity contribution in [2.75, 3.05) is 13.2 Å². The van der Waals surface area contributed by atoms with Gasteiger partial charge in [-0.15, -0.1) is 0 Å². The zero-order valence-corrected chi connectivity index (χ0v) is 22.9. The summed E-state index contributed by atoms with van der Waals surface area (Å²) < 4.78 is 10.6. The lowest BCUT2D eigenvalue weighted by Gasteiger charge is -2.22. The summed E-state index contributed by atoms with van der Waals surface area (Å²) in [6.45, 7) is 11.9. The van der Waals surface area contributed by atoms with E-state index in [2.05, 4.69) is 34.6 Å². The van der Waals surface area contributed by atoms with Crippen LogP contribution in [-0.4, -0.2) is 25.2 Å². The number of ether oxygens (including phenoxy) is 2. The number of unbranched alkanes of at least 4 members (excludes halogenated alkanes) is 13. The third kappa shape index (κ3) is 25.4. The van der Waals surface area contributed by atoms with Crippen LogP contribution in [0.1, 0.15) is 150 Å². The molecule has 0 aliphatic heterocycles. The molecule has 33 heavy (non-hydrogen) atoms. The average Bonchev–Trinajstić information content (AvgIpc) is 2.74. The quantitative estimate of drug-likeness (QED) is 0.118. The highest BCUT2D eigenvalue weighted by molar-refractivity contribution is 5.72. The van der Waals surface area contributed by atoms with Crippen molar-refractivity contribution < 1.29 is 19.1 Å². The van der Waals surface area contributed by atoms with E-state index in [1.54, 1.807) is 0 Å². The van der Waals surface area contributed by atoms with Crippen LogP contribution < -0.4 is 0 Å². The van der Waals surface area contributed by atoms with E-state index in [4.69, 9.17) is 9.47 Å². The highest BCUT2D eigenvalue weighted by atomic mass is 16.5. The second-order valence-corrected chi connectivity index (χ2v) is 11.2. The van der Waals surface area contributed by atoms with Gasteiger partial charge in [0.25, 0.3) is 0 Å². The molecule has 1 unspecified atom stereocenters. The molecule has 1 atom stereocenters. The Labute approximate surface area is 206 Å². The van der Waals surface area contributed by atoms with Crippen LogP contribution in [0.15, 0.2) is 0 Å². The number of carbonyl (C=O) groups excluding carboxylic acids is 2. The summed E-state index contributed by atoms with van der Waals surface area (Å²) >= 11 is 0. The zero-order valence-electron chi connectivity index (χ0n) is 22.9. The van der Waals surface area contributed by atoms with Gasteiger partial charge < -0.3 is 9.47 Å². The lowest BCUT2D eigenvalue weighted by molar-refractivity contribution is -0.146. The molecule has 0 aromatic rings. The Kier molecular flexibility index (Phi) is 20.8. The summed E-state index contributed by atoms with van der Waals surface area (Å²) in [6, 6.07) is 0. The second-order valence-electron chi connectivity index (χ2n) is 11.2. The standard InChI is InChI=1S/C29H56O4/c1-6-7-8-9-10-11-12-13-14-15-16-17-18-19-23-32-27(30)21-20-22-28(31)33-25-26(2)24-29(3,4)5/h26H,6-25H2,1-5H3. The molecule has 196 valence electrons. The fourth-order valence-corrected chi connectivity index (χ4v) is 4.34. The Morgan fingerprint density at radius 2 is 1.06 bits per heavy atom. The summed E-state index contributed by atoms with van der Waals surface area (Å²) in [7, 11) is 0. The van der Waals surface area contributed by atoms with Gasteiger partial charge in [-0.05, 0) is 30.6 Å². The maximum atomic E-state index is 11.8. The van der Waals surface area contributed by atoms with E-state index in [1.807, 2.05) is 0 Å². The molecule has 0 amide bonds. The van der Waals surface area contributed by atoms with Crippen molar-refractivity contribution in [3.63, 3.8) is 0 Å². The minimum absolute atomic E-state index is 0.196. The lowest BCUT2D eigenvalue weighted by atomic mass is 9.86. The Balaban J connectivity index is 3.38. The summed E-state index contributed by atoms with van der Waals surface area (Å²) in [6.07, 6.45) is 20.6. The molecular formula is C29H56O4. The lowest BCUT2D eigenvalue weighted by Crippen LogP contribution is -2.17. The normalized spacial score (nSPS) is 12.5. The predicted molar refractivity (Wildman–Crippen MR) is 139 cm³/mol. The summed E-state index contributed by atoms with van der Waals surface area (Å²) in [5, 5.41) is 0. The first-order valence-electron chi connectivity index (χ1n) is 14.1. The van der Waals surface area contributed by atoms with E-state index < -0.39 is 0 Å². The number of rotatable bonds is 22. The topological polar surface area (TPSA) is 52.6 Å². The van der Waals surface area contributed by atoms with Gasteiger partial charge >= 0.3 is 11.9 Å². The largest absolute Gasteiger partial charge is 0.466 e. The molecule has 0 bridgehead atoms. The highest BCUT2D eigenvalue weighted by Gasteiger charge is 2.16. The van der Waals surface area contributed by atoms with Crippen molar-refractivity contribution in [2.45, 2.75) is 150 Å². The molecule has 0 rings (SSSR count). The smallest absolute Gasteiger partial charge is 0.305 e. The number of hydrogen-bond acceptors (Lipinski definition) is 4. The molecule has 0 N–H and O–H groups in total. The summed E-state index contributed by atoms with van der Waals surface area (Å²) in [5.74, 6) is -0.0573. The molecule has 0 aromatic heterocycles. The minimum Gasteiger partial charge on any atom is -0.466 e. The van der Waals surface area contributed by atoms with Crippen molar-refractivity contribution >= 4 is 11.9 Å². The molecule has 4 heteroatoms. The van der Waals surface area contributed by atoms with E-state index in [9.17, 15) is 9.59 Å². The Hall–Kier alpha value is -1.06. The molecule has 0 heterocycles. The van der Waals surface area contributed by atoms with Gasteiger partial charge in [0.1, 0.15) is 0 Å². The van der Waals surface area contributed by atoms with Crippen LogP contribution in [0.5, 0.6) is 0 Å². The monoisotopic (exact) mass is 468 g/mol. The molecule has 0 aliphatic rings. The van der Waals surface area contributed by atoms with Crippen LogP contribution in [-0.2, 0) is 19.1 Å². The van der Waals surface area contributed by atoms with Gasteiger partial charge in [-0.25, -0.2) is 0 Å². The fraction of sp³-hybridized carbons (Fsp3) is 0.931. The number of hydrogen-bond donors (Lipinski definition) is 0. The van der Waals surface area contributed by atoms with Gasteiger partial charge in [0.05, 0.1) is 13.2 Å². The average molecular weight is 469 g/mol. The van der Waals surface area contributed by atoms with Crippen molar-refractivity contribution in [3.05, 3.63) is 0 Å². The van der Waals surface area contributed by atoms with Gasteiger partial charge in [-0.3, -0.25) is 9.59 Å². The first-order valence-corrected chi connectivity index (χ1v) is 14.1.